The van der Waals surface area contributed by atoms with Crippen LogP contribution in [-0.4, -0.2) is 110 Å². The van der Waals surface area contributed by atoms with E-state index in [9.17, 15) is 22.8 Å². The Kier molecular flexibility index (Phi) is 9.00. The van der Waals surface area contributed by atoms with Gasteiger partial charge in [0, 0.05) is 69.3 Å². The average molecular weight is 583 g/mol. The maximum atomic E-state index is 13.1. The summed E-state index contributed by atoms with van der Waals surface area (Å²) in [6, 6.07) is 9.78. The Bertz CT molecular complexity index is 1350. The molecule has 0 aliphatic carbocycles. The van der Waals surface area contributed by atoms with E-state index >= 15 is 0 Å². The average Bonchev–Trinajstić information content (AvgIpc) is 3.55. The lowest BCUT2D eigenvalue weighted by atomic mass is 10.1. The minimum atomic E-state index is -3.72. The molecule has 11 nitrogen and oxygen atoms in total. The number of hydrogen-bond donors (Lipinski definition) is 1. The van der Waals surface area contributed by atoms with Crippen LogP contribution in [-0.2, 0) is 25.4 Å². The molecule has 3 saturated heterocycles. The largest absolute Gasteiger partial charge is 0.369 e. The van der Waals surface area contributed by atoms with Crippen molar-refractivity contribution in [1.29, 1.82) is 0 Å². The minimum absolute atomic E-state index is 0.146. The molecule has 3 fully saturated rings. The van der Waals surface area contributed by atoms with Crippen molar-refractivity contribution in [3.8, 4) is 0 Å². The van der Waals surface area contributed by atoms with Gasteiger partial charge in [0.15, 0.2) is 5.78 Å². The SMILES string of the molecule is CN1CCN(c2ccc(C(=O)NCCCCC(=O)N3CCC4C3C(=O)CN4S(=O)(=O)Cc3cccnc3)cc2)CC1. The number of hydrogen-bond acceptors (Lipinski definition) is 8. The lowest BCUT2D eigenvalue weighted by Gasteiger charge is -2.34. The second-order valence-electron chi connectivity index (χ2n) is 11.1. The number of benzene rings is 1. The zero-order valence-electron chi connectivity index (χ0n) is 23.4. The van der Waals surface area contributed by atoms with Crippen LogP contribution in [0.1, 0.15) is 41.6 Å². The summed E-state index contributed by atoms with van der Waals surface area (Å²) in [7, 11) is -1.61. The number of fused-ring (bicyclic) bond motifs is 1. The van der Waals surface area contributed by atoms with Crippen molar-refractivity contribution in [2.75, 3.05) is 57.8 Å². The van der Waals surface area contributed by atoms with Gasteiger partial charge in [0.05, 0.1) is 18.3 Å². The van der Waals surface area contributed by atoms with E-state index in [0.29, 0.717) is 43.5 Å². The molecule has 2 aromatic rings. The van der Waals surface area contributed by atoms with Crippen molar-refractivity contribution in [2.45, 2.75) is 43.5 Å². The van der Waals surface area contributed by atoms with Gasteiger partial charge in [-0.05, 0) is 62.2 Å². The summed E-state index contributed by atoms with van der Waals surface area (Å²) in [6.07, 6.45) is 4.95. The van der Waals surface area contributed by atoms with Crippen LogP contribution in [0.25, 0.3) is 0 Å². The zero-order valence-corrected chi connectivity index (χ0v) is 24.3. The number of aromatic nitrogens is 1. The molecule has 5 rings (SSSR count). The van der Waals surface area contributed by atoms with Crippen LogP contribution in [0.3, 0.4) is 0 Å². The Morgan fingerprint density at radius 2 is 1.78 bits per heavy atom. The maximum Gasteiger partial charge on any atom is 0.251 e. The van der Waals surface area contributed by atoms with Crippen LogP contribution in [0.4, 0.5) is 5.69 Å². The number of unbranched alkanes of at least 4 members (excludes halogenated alkanes) is 1. The van der Waals surface area contributed by atoms with Gasteiger partial charge in [-0.3, -0.25) is 19.4 Å². The number of piperazine rings is 1. The molecule has 1 aromatic carbocycles. The molecule has 4 heterocycles. The Labute approximate surface area is 241 Å². The Balaban J connectivity index is 1.05. The number of nitrogens with zero attached hydrogens (tertiary/aromatic N) is 5. The Morgan fingerprint density at radius 1 is 1.02 bits per heavy atom. The molecule has 2 atom stereocenters. The predicted molar refractivity (Wildman–Crippen MR) is 155 cm³/mol. The van der Waals surface area contributed by atoms with Gasteiger partial charge in [-0.1, -0.05) is 6.07 Å². The number of sulfonamides is 1. The quantitative estimate of drug-likeness (QED) is 0.414. The van der Waals surface area contributed by atoms with Gasteiger partial charge in [-0.15, -0.1) is 0 Å². The van der Waals surface area contributed by atoms with Gasteiger partial charge < -0.3 is 20.0 Å². The van der Waals surface area contributed by atoms with E-state index in [2.05, 4.69) is 27.1 Å². The third-order valence-electron chi connectivity index (χ3n) is 8.23. The van der Waals surface area contributed by atoms with E-state index in [1.54, 1.807) is 23.2 Å². The molecule has 12 heteroatoms. The van der Waals surface area contributed by atoms with E-state index < -0.39 is 22.1 Å². The maximum absolute atomic E-state index is 13.1. The summed E-state index contributed by atoms with van der Waals surface area (Å²) in [5.41, 5.74) is 2.28. The van der Waals surface area contributed by atoms with Gasteiger partial charge >= 0.3 is 0 Å². The predicted octanol–water partition coefficient (Wildman–Crippen LogP) is 1.12. The molecule has 0 radical (unpaired) electrons. The van der Waals surface area contributed by atoms with Gasteiger partial charge in [0.25, 0.3) is 5.91 Å². The Morgan fingerprint density at radius 3 is 2.49 bits per heavy atom. The second kappa shape index (κ2) is 12.7. The number of carbonyl (C=O) groups is 3. The summed E-state index contributed by atoms with van der Waals surface area (Å²) in [6.45, 7) is 4.58. The first kappa shape index (κ1) is 29.2. The molecule has 220 valence electrons. The fourth-order valence-electron chi connectivity index (χ4n) is 5.93. The monoisotopic (exact) mass is 582 g/mol. The number of amides is 2. The lowest BCUT2D eigenvalue weighted by molar-refractivity contribution is -0.136. The number of likely N-dealkylation sites (N-methyl/N-ethyl adjacent to an activating group) is 1. The molecule has 0 bridgehead atoms. The van der Waals surface area contributed by atoms with Gasteiger partial charge in [0.1, 0.15) is 6.04 Å². The third-order valence-corrected chi connectivity index (χ3v) is 10.0. The summed E-state index contributed by atoms with van der Waals surface area (Å²) in [5.74, 6) is -0.755. The van der Waals surface area contributed by atoms with Crippen molar-refractivity contribution >= 4 is 33.3 Å². The topological polar surface area (TPSA) is 123 Å². The number of anilines is 1. The standard InChI is InChI=1S/C29H38N6O5S/c1-32-15-17-33(18-16-32)24-9-7-23(8-10-24)29(38)31-13-3-2-6-27(37)34-14-11-25-28(34)26(36)20-35(25)41(39,40)21-22-5-4-12-30-19-22/h4-5,7-10,12,19,25,28H,2-3,6,11,13-18,20-21H2,1H3,(H,31,38). The zero-order chi connectivity index (χ0) is 29.0. The van der Waals surface area contributed by atoms with Gasteiger partial charge in [0.2, 0.25) is 15.9 Å². The first-order valence-corrected chi connectivity index (χ1v) is 15.9. The molecular weight excluding hydrogens is 544 g/mol. The molecule has 2 unspecified atom stereocenters. The smallest absolute Gasteiger partial charge is 0.251 e. The second-order valence-corrected chi connectivity index (χ2v) is 13.0. The molecule has 41 heavy (non-hydrogen) atoms. The number of Topliss-reactive ketones (excluding diaryl/α,β-unsaturated/α-hetero) is 1. The van der Waals surface area contributed by atoms with E-state index in [1.165, 1.54) is 10.5 Å². The lowest BCUT2D eigenvalue weighted by Crippen LogP contribution is -2.44. The van der Waals surface area contributed by atoms with Crippen LogP contribution in [0.15, 0.2) is 48.8 Å². The molecular formula is C29H38N6O5S. The number of carbonyl (C=O) groups excluding carboxylic acids is 3. The first-order chi connectivity index (χ1) is 19.7. The number of pyridine rings is 1. The van der Waals surface area contributed by atoms with E-state index in [0.717, 1.165) is 31.9 Å². The van der Waals surface area contributed by atoms with E-state index in [-0.39, 0.29) is 36.3 Å². The van der Waals surface area contributed by atoms with Crippen molar-refractivity contribution in [1.82, 2.24) is 24.4 Å². The normalized spacial score (nSPS) is 21.7. The Hall–Kier alpha value is -3.35. The fourth-order valence-corrected chi connectivity index (χ4v) is 7.64. The minimum Gasteiger partial charge on any atom is -0.369 e. The van der Waals surface area contributed by atoms with E-state index in [1.807, 2.05) is 24.3 Å². The van der Waals surface area contributed by atoms with E-state index in [4.69, 9.17) is 0 Å². The fraction of sp³-hybridized carbons (Fsp3) is 0.517. The summed E-state index contributed by atoms with van der Waals surface area (Å²) in [5, 5.41) is 2.92. The molecule has 0 saturated carbocycles. The number of nitrogens with one attached hydrogen (secondary N) is 1. The van der Waals surface area contributed by atoms with Crippen LogP contribution in [0, 0.1) is 0 Å². The highest BCUT2D eigenvalue weighted by molar-refractivity contribution is 7.88. The van der Waals surface area contributed by atoms with Crippen molar-refractivity contribution in [3.05, 3.63) is 59.9 Å². The first-order valence-electron chi connectivity index (χ1n) is 14.3. The molecule has 1 N–H and O–H groups in total. The van der Waals surface area contributed by atoms with Crippen LogP contribution >= 0.6 is 0 Å². The summed E-state index contributed by atoms with van der Waals surface area (Å²) >= 11 is 0. The van der Waals surface area contributed by atoms with Crippen molar-refractivity contribution < 1.29 is 22.8 Å². The van der Waals surface area contributed by atoms with Crippen LogP contribution in [0.5, 0.6) is 0 Å². The number of ketones is 1. The highest BCUT2D eigenvalue weighted by Gasteiger charge is 2.53. The van der Waals surface area contributed by atoms with Gasteiger partial charge in [-0.25, -0.2) is 8.42 Å². The molecule has 3 aliphatic heterocycles. The molecule has 0 spiro atoms. The van der Waals surface area contributed by atoms with Crippen molar-refractivity contribution in [2.24, 2.45) is 0 Å². The summed E-state index contributed by atoms with van der Waals surface area (Å²) in [4.78, 5) is 48.5. The molecule has 3 aliphatic rings. The molecule has 1 aromatic heterocycles. The van der Waals surface area contributed by atoms with Gasteiger partial charge in [-0.2, -0.15) is 4.31 Å². The van der Waals surface area contributed by atoms with Crippen molar-refractivity contribution in [3.63, 3.8) is 0 Å². The van der Waals surface area contributed by atoms with Crippen LogP contribution in [0.2, 0.25) is 0 Å². The number of likely N-dealkylation sites (tertiary alicyclic amines) is 1. The van der Waals surface area contributed by atoms with Crippen LogP contribution < -0.4 is 10.2 Å². The number of rotatable bonds is 10. The highest BCUT2D eigenvalue weighted by atomic mass is 32.2. The third kappa shape index (κ3) is 6.77. The highest BCUT2D eigenvalue weighted by Crippen LogP contribution is 2.33. The molecule has 2 amide bonds. The summed E-state index contributed by atoms with van der Waals surface area (Å²) < 4.78 is 27.4.